The van der Waals surface area contributed by atoms with Crippen molar-refractivity contribution in [2.75, 3.05) is 81.2 Å². The number of hydrogen-bond donors (Lipinski definition) is 0. The first-order chi connectivity index (χ1) is 17.5. The summed E-state index contributed by atoms with van der Waals surface area (Å²) in [6.07, 6.45) is 4.27. The largest absolute Gasteiger partial charge is 0.497 e. The summed E-state index contributed by atoms with van der Waals surface area (Å²) in [7, 11) is 5.98. The lowest BCUT2D eigenvalue weighted by molar-refractivity contribution is -0.136. The summed E-state index contributed by atoms with van der Waals surface area (Å²) in [6, 6.07) is 3.23. The van der Waals surface area contributed by atoms with Gasteiger partial charge < -0.3 is 24.2 Å². The van der Waals surface area contributed by atoms with E-state index in [-0.39, 0.29) is 25.2 Å². The fourth-order valence-electron chi connectivity index (χ4n) is 4.90. The van der Waals surface area contributed by atoms with Crippen LogP contribution in [0.25, 0.3) is 0 Å². The van der Waals surface area contributed by atoms with E-state index in [9.17, 15) is 13.2 Å². The van der Waals surface area contributed by atoms with Gasteiger partial charge in [0.25, 0.3) is 0 Å². The Morgan fingerprint density at radius 1 is 0.973 bits per heavy atom. The predicted octanol–water partition coefficient (Wildman–Crippen LogP) is 2.60. The van der Waals surface area contributed by atoms with Crippen molar-refractivity contribution in [2.24, 2.45) is 0 Å². The molecule has 1 fully saturated rings. The number of hydrogen-bond acceptors (Lipinski definition) is 7. The van der Waals surface area contributed by atoms with E-state index in [0.717, 1.165) is 45.2 Å². The zero-order valence-electron chi connectivity index (χ0n) is 24.0. The Morgan fingerprint density at radius 2 is 1.54 bits per heavy atom. The van der Waals surface area contributed by atoms with E-state index in [2.05, 4.69) is 9.80 Å². The highest BCUT2D eigenvalue weighted by molar-refractivity contribution is 7.89. The minimum atomic E-state index is -3.71. The second-order valence-electron chi connectivity index (χ2n) is 10.6. The van der Waals surface area contributed by atoms with Gasteiger partial charge in [0.2, 0.25) is 15.9 Å². The van der Waals surface area contributed by atoms with Gasteiger partial charge in [-0.25, -0.2) is 8.42 Å². The van der Waals surface area contributed by atoms with Crippen LogP contribution in [0.3, 0.4) is 0 Å². The standard InChI is InChI=1S/C27H48N4O5S/c1-22-18-25(35-7)19-23(2)27(22)37(33,34)31-17-9-8-12-24(31)20-36-21-26(32)30(15-10-13-28(3)4)16-11-14-29(5)6/h18-19,24H,8-17,20-21H2,1-7H3. The van der Waals surface area contributed by atoms with Gasteiger partial charge in [-0.1, -0.05) is 6.42 Å². The molecule has 0 spiro atoms. The Bertz CT molecular complexity index is 931. The number of methoxy groups -OCH3 is 1. The van der Waals surface area contributed by atoms with Crippen LogP contribution in [0.1, 0.15) is 43.2 Å². The fourth-order valence-corrected chi connectivity index (χ4v) is 6.99. The topological polar surface area (TPSA) is 82.6 Å². The second kappa shape index (κ2) is 15.0. The molecule has 0 aliphatic carbocycles. The van der Waals surface area contributed by atoms with Crippen LogP contribution in [0, 0.1) is 13.8 Å². The van der Waals surface area contributed by atoms with E-state index in [4.69, 9.17) is 9.47 Å². The molecule has 1 aliphatic rings. The normalized spacial score (nSPS) is 16.9. The average Bonchev–Trinajstić information content (AvgIpc) is 2.82. The number of ether oxygens (including phenoxy) is 2. The molecule has 10 heteroatoms. The number of aryl methyl sites for hydroxylation is 2. The zero-order valence-corrected chi connectivity index (χ0v) is 24.8. The lowest BCUT2D eigenvalue weighted by atomic mass is 10.1. The van der Waals surface area contributed by atoms with Crippen LogP contribution in [-0.2, 0) is 19.6 Å². The minimum Gasteiger partial charge on any atom is -0.497 e. The van der Waals surface area contributed by atoms with E-state index in [0.29, 0.717) is 41.4 Å². The summed E-state index contributed by atoms with van der Waals surface area (Å²) in [6.45, 7) is 7.44. The van der Waals surface area contributed by atoms with E-state index in [1.54, 1.807) is 37.4 Å². The van der Waals surface area contributed by atoms with Gasteiger partial charge >= 0.3 is 0 Å². The SMILES string of the molecule is COc1cc(C)c(S(=O)(=O)N2CCCCC2COCC(=O)N(CCCN(C)C)CCCN(C)C)c(C)c1. The number of amides is 1. The first-order valence-electron chi connectivity index (χ1n) is 13.3. The van der Waals surface area contributed by atoms with E-state index in [1.807, 2.05) is 33.1 Å². The maximum absolute atomic E-state index is 13.7. The molecule has 2 rings (SSSR count). The first-order valence-corrected chi connectivity index (χ1v) is 14.7. The molecule has 1 amide bonds. The maximum atomic E-state index is 13.7. The van der Waals surface area contributed by atoms with Crippen molar-refractivity contribution in [3.05, 3.63) is 23.3 Å². The van der Waals surface area contributed by atoms with Gasteiger partial charge in [-0.15, -0.1) is 0 Å². The fraction of sp³-hybridized carbons (Fsp3) is 0.741. The Morgan fingerprint density at radius 3 is 2.05 bits per heavy atom. The van der Waals surface area contributed by atoms with Crippen molar-refractivity contribution in [1.82, 2.24) is 19.0 Å². The van der Waals surface area contributed by atoms with Gasteiger partial charge in [0.05, 0.1) is 18.6 Å². The quantitative estimate of drug-likeness (QED) is 0.338. The molecular weight excluding hydrogens is 492 g/mol. The lowest BCUT2D eigenvalue weighted by Gasteiger charge is -2.35. The number of carbonyl (C=O) groups excluding carboxylic acids is 1. The highest BCUT2D eigenvalue weighted by Crippen LogP contribution is 2.31. The molecule has 1 aromatic carbocycles. The molecule has 9 nitrogen and oxygen atoms in total. The molecule has 0 radical (unpaired) electrons. The maximum Gasteiger partial charge on any atom is 0.248 e. The summed E-state index contributed by atoms with van der Waals surface area (Å²) < 4.78 is 40.3. The van der Waals surface area contributed by atoms with Gasteiger partial charge in [-0.05, 0) is 104 Å². The molecule has 1 aliphatic heterocycles. The molecular formula is C27H48N4O5S. The number of rotatable bonds is 15. The smallest absolute Gasteiger partial charge is 0.248 e. The molecule has 1 saturated heterocycles. The third kappa shape index (κ3) is 9.51. The third-order valence-corrected chi connectivity index (χ3v) is 9.02. The number of piperidine rings is 1. The Balaban J connectivity index is 2.05. The second-order valence-corrected chi connectivity index (χ2v) is 12.4. The predicted molar refractivity (Wildman–Crippen MR) is 148 cm³/mol. The number of nitrogens with zero attached hydrogens (tertiary/aromatic N) is 4. The van der Waals surface area contributed by atoms with Crippen molar-refractivity contribution < 1.29 is 22.7 Å². The van der Waals surface area contributed by atoms with Gasteiger partial charge in [-0.2, -0.15) is 4.31 Å². The van der Waals surface area contributed by atoms with Crippen LogP contribution in [0.5, 0.6) is 5.75 Å². The highest BCUT2D eigenvalue weighted by atomic mass is 32.2. The highest BCUT2D eigenvalue weighted by Gasteiger charge is 2.35. The van der Waals surface area contributed by atoms with Gasteiger partial charge in [-0.3, -0.25) is 4.79 Å². The third-order valence-electron chi connectivity index (χ3n) is 6.76. The van der Waals surface area contributed by atoms with Crippen LogP contribution >= 0.6 is 0 Å². The van der Waals surface area contributed by atoms with Crippen molar-refractivity contribution in [2.45, 2.75) is 56.9 Å². The first kappa shape index (κ1) is 31.5. The molecule has 212 valence electrons. The Hall–Kier alpha value is -1.72. The van der Waals surface area contributed by atoms with E-state index in [1.165, 1.54) is 0 Å². The number of sulfonamides is 1. The summed E-state index contributed by atoms with van der Waals surface area (Å²) in [5.41, 5.74) is 1.34. The van der Waals surface area contributed by atoms with Crippen LogP contribution < -0.4 is 4.74 Å². The van der Waals surface area contributed by atoms with E-state index >= 15 is 0 Å². The van der Waals surface area contributed by atoms with Crippen molar-refractivity contribution in [3.63, 3.8) is 0 Å². The summed E-state index contributed by atoms with van der Waals surface area (Å²) in [4.78, 5) is 19.5. The molecule has 0 bridgehead atoms. The number of benzene rings is 1. The van der Waals surface area contributed by atoms with Crippen molar-refractivity contribution >= 4 is 15.9 Å². The Kier molecular flexibility index (Phi) is 12.8. The lowest BCUT2D eigenvalue weighted by Crippen LogP contribution is -2.47. The van der Waals surface area contributed by atoms with E-state index < -0.39 is 10.0 Å². The number of carbonyl (C=O) groups is 1. The average molecular weight is 541 g/mol. The summed E-state index contributed by atoms with van der Waals surface area (Å²) >= 11 is 0. The van der Waals surface area contributed by atoms with Gasteiger partial charge in [0.15, 0.2) is 0 Å². The summed E-state index contributed by atoms with van der Waals surface area (Å²) in [5.74, 6) is 0.608. The molecule has 0 aromatic heterocycles. The molecule has 37 heavy (non-hydrogen) atoms. The molecule has 1 atom stereocenters. The molecule has 0 N–H and O–H groups in total. The Labute approximate surface area is 224 Å². The summed E-state index contributed by atoms with van der Waals surface area (Å²) in [5, 5.41) is 0. The molecule has 0 saturated carbocycles. The van der Waals surface area contributed by atoms with Crippen molar-refractivity contribution in [3.8, 4) is 5.75 Å². The van der Waals surface area contributed by atoms with Crippen LogP contribution in [0.4, 0.5) is 0 Å². The van der Waals surface area contributed by atoms with Crippen LogP contribution in [0.2, 0.25) is 0 Å². The van der Waals surface area contributed by atoms with Crippen LogP contribution in [0.15, 0.2) is 17.0 Å². The zero-order chi connectivity index (χ0) is 27.6. The monoisotopic (exact) mass is 540 g/mol. The molecule has 1 unspecified atom stereocenters. The minimum absolute atomic E-state index is 0.0328. The van der Waals surface area contributed by atoms with Gasteiger partial charge in [0, 0.05) is 25.7 Å². The molecule has 1 aromatic rings. The van der Waals surface area contributed by atoms with Gasteiger partial charge in [0.1, 0.15) is 12.4 Å². The van der Waals surface area contributed by atoms with Crippen LogP contribution in [-0.4, -0.2) is 121 Å². The van der Waals surface area contributed by atoms with Crippen molar-refractivity contribution in [1.29, 1.82) is 0 Å². The molecule has 1 heterocycles.